The van der Waals surface area contributed by atoms with Crippen LogP contribution in [0.25, 0.3) is 0 Å². The van der Waals surface area contributed by atoms with E-state index >= 15 is 0 Å². The Kier molecular flexibility index (Phi) is 7.18. The van der Waals surface area contributed by atoms with Gasteiger partial charge < -0.3 is 19.5 Å². The highest BCUT2D eigenvalue weighted by Crippen LogP contribution is 2.45. The summed E-state index contributed by atoms with van der Waals surface area (Å²) in [4.78, 5) is 15.1. The summed E-state index contributed by atoms with van der Waals surface area (Å²) in [6.07, 6.45) is 2.18. The van der Waals surface area contributed by atoms with Crippen LogP contribution in [0.4, 0.5) is 18.9 Å². The highest BCUT2D eigenvalue weighted by atomic mass is 19.4. The number of nitrogens with one attached hydrogen (secondary N) is 1. The molecule has 2 heterocycles. The van der Waals surface area contributed by atoms with Crippen LogP contribution >= 0.6 is 0 Å². The smallest absolute Gasteiger partial charge is 0.378 e. The molecule has 1 aliphatic heterocycles. The molecule has 2 saturated carbocycles. The molecular formula is C31H36F3N5O2. The van der Waals surface area contributed by atoms with Gasteiger partial charge in [-0.1, -0.05) is 12.1 Å². The van der Waals surface area contributed by atoms with Gasteiger partial charge in [-0.05, 0) is 92.8 Å². The van der Waals surface area contributed by atoms with Crippen molar-refractivity contribution in [2.45, 2.75) is 82.8 Å². The number of aromatic nitrogens is 3. The Balaban J connectivity index is 1.30. The van der Waals surface area contributed by atoms with Crippen molar-refractivity contribution in [1.29, 1.82) is 0 Å². The van der Waals surface area contributed by atoms with Crippen LogP contribution in [-0.2, 0) is 31.1 Å². The zero-order valence-corrected chi connectivity index (χ0v) is 23.7. The van der Waals surface area contributed by atoms with E-state index in [1.54, 1.807) is 18.5 Å². The van der Waals surface area contributed by atoms with E-state index in [4.69, 9.17) is 4.74 Å². The van der Waals surface area contributed by atoms with Crippen LogP contribution in [0.15, 0.2) is 42.7 Å². The van der Waals surface area contributed by atoms with Crippen LogP contribution in [0.3, 0.4) is 0 Å². The predicted molar refractivity (Wildman–Crippen MR) is 148 cm³/mol. The third-order valence-corrected chi connectivity index (χ3v) is 9.15. The van der Waals surface area contributed by atoms with Crippen molar-refractivity contribution in [2.24, 2.45) is 13.0 Å². The lowest BCUT2D eigenvalue weighted by atomic mass is 9.70. The van der Waals surface area contributed by atoms with Crippen LogP contribution < -0.4 is 10.2 Å². The number of alkyl halides is 3. The van der Waals surface area contributed by atoms with Crippen molar-refractivity contribution >= 4 is 11.6 Å². The minimum atomic E-state index is -4.56. The van der Waals surface area contributed by atoms with Crippen molar-refractivity contribution in [2.75, 3.05) is 11.5 Å². The molecule has 41 heavy (non-hydrogen) atoms. The van der Waals surface area contributed by atoms with E-state index in [0.29, 0.717) is 24.4 Å². The molecule has 0 bridgehead atoms. The van der Waals surface area contributed by atoms with E-state index in [1.165, 1.54) is 11.0 Å². The van der Waals surface area contributed by atoms with Crippen molar-refractivity contribution in [3.05, 3.63) is 76.4 Å². The first-order chi connectivity index (χ1) is 19.6. The lowest BCUT2D eigenvalue weighted by molar-refractivity contribution is -0.138. The van der Waals surface area contributed by atoms with Crippen LogP contribution in [0.1, 0.15) is 90.3 Å². The summed E-state index contributed by atoms with van der Waals surface area (Å²) in [5, 5.41) is 11.9. The minimum Gasteiger partial charge on any atom is -0.378 e. The predicted octanol–water partition coefficient (Wildman–Crippen LogP) is 5.97. The van der Waals surface area contributed by atoms with Crippen molar-refractivity contribution in [3.8, 4) is 0 Å². The Morgan fingerprint density at radius 2 is 1.98 bits per heavy atom. The second-order valence-electron chi connectivity index (χ2n) is 12.0. The fourth-order valence-electron chi connectivity index (χ4n) is 6.57. The summed E-state index contributed by atoms with van der Waals surface area (Å²) in [5.41, 5.74) is 1.38. The molecule has 3 aliphatic rings. The maximum absolute atomic E-state index is 14.2. The summed E-state index contributed by atoms with van der Waals surface area (Å²) in [5.74, 6) is 0.612. The van der Waals surface area contributed by atoms with E-state index in [2.05, 4.69) is 22.4 Å². The topological polar surface area (TPSA) is 72.3 Å². The van der Waals surface area contributed by atoms with Gasteiger partial charge in [0.1, 0.15) is 12.2 Å². The minimum absolute atomic E-state index is 0.0370. The molecule has 10 heteroatoms. The number of rotatable bonds is 9. The van der Waals surface area contributed by atoms with Crippen LogP contribution in [-0.4, -0.2) is 38.9 Å². The van der Waals surface area contributed by atoms with Gasteiger partial charge >= 0.3 is 6.18 Å². The second kappa shape index (κ2) is 10.5. The van der Waals surface area contributed by atoms with Crippen LogP contribution in [0.2, 0.25) is 0 Å². The largest absolute Gasteiger partial charge is 0.416 e. The van der Waals surface area contributed by atoms with E-state index in [1.807, 2.05) is 36.7 Å². The molecule has 1 N–H and O–H groups in total. The molecule has 1 amide bonds. The fourth-order valence-corrected chi connectivity index (χ4v) is 6.57. The first kappa shape index (κ1) is 27.9. The zero-order valence-electron chi connectivity index (χ0n) is 23.7. The highest BCUT2D eigenvalue weighted by Gasteiger charge is 2.42. The molecule has 0 saturated heterocycles. The maximum atomic E-state index is 14.2. The molecule has 1 aromatic heterocycles. The van der Waals surface area contributed by atoms with Crippen molar-refractivity contribution in [3.63, 3.8) is 0 Å². The number of nitrogens with zero attached hydrogens (tertiary/aromatic N) is 4. The SMILES string of the molecule is CCO[C@H]1C[C@H](C(c2cccc(N3Cc4c(cc(CNC5(C)CCC5)cc4C(F)(F)F)C3=O)c2)c2nncn2C)C1. The molecule has 0 radical (unpaired) electrons. The molecule has 2 aromatic carbocycles. The molecular weight excluding hydrogens is 531 g/mol. The third kappa shape index (κ3) is 5.28. The molecule has 0 spiro atoms. The number of amides is 1. The van der Waals surface area contributed by atoms with E-state index in [9.17, 15) is 18.0 Å². The number of carbonyl (C=O) groups is 1. The number of carbonyl (C=O) groups excluding carboxylic acids is 1. The standard InChI is InChI=1S/C31H36F3N5O2/c1-4-41-23-14-21(15-23)27(28-37-36-18-38(28)3)20-7-5-8-22(13-20)39-17-25-24(29(39)40)11-19(12-26(25)31(32,33)34)16-35-30(2)9-6-10-30/h5,7-8,11-13,18,21,23,27,35H,4,6,9-10,14-17H2,1-3H3/t21-,23-,27?. The highest BCUT2D eigenvalue weighted by molar-refractivity contribution is 6.10. The first-order valence-corrected chi connectivity index (χ1v) is 14.4. The third-order valence-electron chi connectivity index (χ3n) is 9.15. The van der Waals surface area contributed by atoms with Gasteiger partial charge in [0.05, 0.1) is 18.2 Å². The molecule has 2 aliphatic carbocycles. The fraction of sp³-hybridized carbons (Fsp3) is 0.516. The average molecular weight is 568 g/mol. The van der Waals surface area contributed by atoms with Crippen molar-refractivity contribution in [1.82, 2.24) is 20.1 Å². The molecule has 1 unspecified atom stereocenters. The summed E-state index contributed by atoms with van der Waals surface area (Å²) in [7, 11) is 1.90. The Hall–Kier alpha value is -3.24. The Morgan fingerprint density at radius 3 is 2.61 bits per heavy atom. The number of hydrogen-bond acceptors (Lipinski definition) is 5. The summed E-state index contributed by atoms with van der Waals surface area (Å²) in [6, 6.07) is 10.4. The number of halogens is 3. The Bertz CT molecular complexity index is 1440. The van der Waals surface area contributed by atoms with Gasteiger partial charge in [0.2, 0.25) is 0 Å². The zero-order chi connectivity index (χ0) is 28.9. The summed E-state index contributed by atoms with van der Waals surface area (Å²) >= 11 is 0. The number of anilines is 1. The van der Waals surface area contributed by atoms with E-state index in [0.717, 1.165) is 43.5 Å². The quantitative estimate of drug-likeness (QED) is 0.345. The van der Waals surface area contributed by atoms with Crippen LogP contribution in [0, 0.1) is 5.92 Å². The van der Waals surface area contributed by atoms with Gasteiger partial charge in [-0.15, -0.1) is 10.2 Å². The summed E-state index contributed by atoms with van der Waals surface area (Å²) in [6.45, 7) is 4.90. The molecule has 7 nitrogen and oxygen atoms in total. The first-order valence-electron chi connectivity index (χ1n) is 14.4. The van der Waals surface area contributed by atoms with Gasteiger partial charge in [0, 0.05) is 42.9 Å². The van der Waals surface area contributed by atoms with Gasteiger partial charge in [-0.3, -0.25) is 4.79 Å². The van der Waals surface area contributed by atoms with Gasteiger partial charge in [0.25, 0.3) is 5.91 Å². The molecule has 1 atom stereocenters. The number of benzene rings is 2. The van der Waals surface area contributed by atoms with E-state index < -0.39 is 17.6 Å². The number of aryl methyl sites for hydroxylation is 1. The van der Waals surface area contributed by atoms with Gasteiger partial charge in [-0.2, -0.15) is 13.2 Å². The Labute approximate surface area is 238 Å². The van der Waals surface area contributed by atoms with Crippen LogP contribution in [0.5, 0.6) is 0 Å². The number of fused-ring (bicyclic) bond motifs is 1. The normalized spacial score (nSPS) is 22.3. The van der Waals surface area contributed by atoms with Gasteiger partial charge in [-0.25, -0.2) is 0 Å². The lowest BCUT2D eigenvalue weighted by Crippen LogP contribution is -2.47. The monoisotopic (exact) mass is 567 g/mol. The number of hydrogen-bond donors (Lipinski definition) is 1. The average Bonchev–Trinajstić information content (AvgIpc) is 3.47. The molecule has 3 aromatic rings. The summed E-state index contributed by atoms with van der Waals surface area (Å²) < 4.78 is 50.4. The second-order valence-corrected chi connectivity index (χ2v) is 12.0. The maximum Gasteiger partial charge on any atom is 0.416 e. The van der Waals surface area contributed by atoms with Crippen molar-refractivity contribution < 1.29 is 22.7 Å². The van der Waals surface area contributed by atoms with Gasteiger partial charge in [0.15, 0.2) is 0 Å². The number of ether oxygens (including phenoxy) is 1. The molecule has 218 valence electrons. The Morgan fingerprint density at radius 1 is 1.20 bits per heavy atom. The molecule has 6 rings (SSSR count). The molecule has 2 fully saturated rings. The van der Waals surface area contributed by atoms with E-state index in [-0.39, 0.29) is 41.2 Å². The lowest BCUT2D eigenvalue weighted by Gasteiger charge is -2.40.